The Balaban J connectivity index is 1.27. The second kappa shape index (κ2) is 12.1. The van der Waals surface area contributed by atoms with Crippen molar-refractivity contribution >= 4 is 0 Å². The van der Waals surface area contributed by atoms with E-state index < -0.39 is 18.3 Å². The average molecular weight is 546 g/mol. The van der Waals surface area contributed by atoms with Crippen LogP contribution in [0, 0.1) is 23.2 Å². The minimum atomic E-state index is -0.639. The topological polar surface area (TPSA) is 73.6 Å². The first-order valence-corrected chi connectivity index (χ1v) is 15.9. The number of allylic oxidation sites excluding steroid dienone is 4. The Morgan fingerprint density at radius 1 is 1.15 bits per heavy atom. The van der Waals surface area contributed by atoms with E-state index in [1.165, 1.54) is 49.7 Å². The lowest BCUT2D eigenvalue weighted by Crippen LogP contribution is -2.35. The third-order valence-electron chi connectivity index (χ3n) is 11.0. The predicted octanol–water partition coefficient (Wildman–Crippen LogP) is 7.15. The van der Waals surface area contributed by atoms with Gasteiger partial charge >= 0.3 is 0 Å². The van der Waals surface area contributed by atoms with Crippen LogP contribution in [-0.4, -0.2) is 38.6 Å². The van der Waals surface area contributed by atoms with Crippen molar-refractivity contribution in [2.45, 2.75) is 122 Å². The molecule has 7 atom stereocenters. The molecule has 0 aliphatic heterocycles. The normalized spacial score (nSPS) is 35.3. The van der Waals surface area contributed by atoms with Crippen molar-refractivity contribution in [2.24, 2.45) is 23.2 Å². The van der Waals surface area contributed by atoms with E-state index in [9.17, 15) is 15.3 Å². The smallest absolute Gasteiger partial charge is 0.0832 e. The van der Waals surface area contributed by atoms with Crippen LogP contribution in [0.4, 0.5) is 0 Å². The highest BCUT2D eigenvalue weighted by atomic mass is 16.3. The van der Waals surface area contributed by atoms with E-state index in [0.717, 1.165) is 42.5 Å². The molecule has 0 radical (unpaired) electrons. The van der Waals surface area contributed by atoms with Crippen LogP contribution in [0.15, 0.2) is 65.9 Å². The number of hydrogen-bond donors (Lipinski definition) is 3. The summed E-state index contributed by atoms with van der Waals surface area (Å²) in [5.41, 5.74) is 5.73. The predicted molar refractivity (Wildman–Crippen MR) is 163 cm³/mol. The van der Waals surface area contributed by atoms with Gasteiger partial charge in [-0.05, 0) is 116 Å². The number of pyridine rings is 1. The molecular formula is C36H51NO3. The minimum Gasteiger partial charge on any atom is -0.393 e. The summed E-state index contributed by atoms with van der Waals surface area (Å²) >= 11 is 0. The Labute approximate surface area is 242 Å². The number of rotatable bonds is 9. The monoisotopic (exact) mass is 545 g/mol. The number of hydrogen-bond acceptors (Lipinski definition) is 4. The molecule has 40 heavy (non-hydrogen) atoms. The van der Waals surface area contributed by atoms with Crippen molar-refractivity contribution in [1.82, 2.24) is 4.98 Å². The van der Waals surface area contributed by atoms with Gasteiger partial charge in [-0.15, -0.1) is 0 Å². The molecular weight excluding hydrogens is 494 g/mol. The van der Waals surface area contributed by atoms with Crippen LogP contribution in [0.5, 0.6) is 0 Å². The van der Waals surface area contributed by atoms with E-state index in [4.69, 9.17) is 4.98 Å². The molecule has 4 fully saturated rings. The van der Waals surface area contributed by atoms with Crippen molar-refractivity contribution in [3.8, 4) is 0 Å². The number of aromatic nitrogens is 1. The average Bonchev–Trinajstić information content (AvgIpc) is 3.68. The van der Waals surface area contributed by atoms with Gasteiger partial charge in [-0.3, -0.25) is 4.98 Å². The van der Waals surface area contributed by atoms with Crippen LogP contribution in [-0.2, 0) is 11.8 Å². The van der Waals surface area contributed by atoms with E-state index in [1.807, 2.05) is 6.20 Å². The standard InChI is InChI=1S/C36H51NO3/c1-5-6-8-26-16-20-37-33(21-26)36(18-19-36)34(40)15-10-24(2)30-13-14-31-27(9-7-17-35(30,31)4)11-12-28-22-29(38)23-32(39)25(28)3/h10-12,15-16,20-21,24,29-32,34,38-40H,3,5-9,13-14,17-19,22-23H2,1-2,4H3/t24-,29-,30-,31+,32+,34+,35-/m1/s1. The fraction of sp³-hybridized carbons (Fsp3) is 0.639. The molecule has 4 saturated carbocycles. The summed E-state index contributed by atoms with van der Waals surface area (Å²) in [6.45, 7) is 11.2. The first kappa shape index (κ1) is 29.5. The Hall–Kier alpha value is -2.01. The summed E-state index contributed by atoms with van der Waals surface area (Å²) in [7, 11) is 0. The van der Waals surface area contributed by atoms with Gasteiger partial charge < -0.3 is 15.3 Å². The van der Waals surface area contributed by atoms with E-state index in [1.54, 1.807) is 0 Å². The number of fused-ring (bicyclic) bond motifs is 1. The molecule has 0 saturated heterocycles. The molecule has 4 aliphatic rings. The molecule has 1 aromatic heterocycles. The van der Waals surface area contributed by atoms with Gasteiger partial charge in [0.1, 0.15) is 0 Å². The zero-order chi connectivity index (χ0) is 28.5. The zero-order valence-electron chi connectivity index (χ0n) is 25.0. The number of aliphatic hydroxyl groups is 3. The second-order valence-corrected chi connectivity index (χ2v) is 13.7. The van der Waals surface area contributed by atoms with Crippen molar-refractivity contribution in [1.29, 1.82) is 0 Å². The van der Waals surface area contributed by atoms with Crippen LogP contribution in [0.2, 0.25) is 0 Å². The summed E-state index contributed by atoms with van der Waals surface area (Å²) in [4.78, 5) is 4.71. The summed E-state index contributed by atoms with van der Waals surface area (Å²) < 4.78 is 0. The quantitative estimate of drug-likeness (QED) is 0.288. The molecule has 0 spiro atoms. The van der Waals surface area contributed by atoms with E-state index in [-0.39, 0.29) is 10.8 Å². The summed E-state index contributed by atoms with van der Waals surface area (Å²) in [5, 5.41) is 31.8. The van der Waals surface area contributed by atoms with Crippen LogP contribution in [0.3, 0.4) is 0 Å². The van der Waals surface area contributed by atoms with Gasteiger partial charge in [-0.25, -0.2) is 0 Å². The molecule has 4 nitrogen and oxygen atoms in total. The van der Waals surface area contributed by atoms with Crippen molar-refractivity contribution < 1.29 is 15.3 Å². The van der Waals surface area contributed by atoms with Gasteiger partial charge in [0.05, 0.1) is 18.3 Å². The van der Waals surface area contributed by atoms with E-state index >= 15 is 0 Å². The van der Waals surface area contributed by atoms with E-state index in [0.29, 0.717) is 30.6 Å². The molecule has 0 unspecified atom stereocenters. The van der Waals surface area contributed by atoms with Crippen LogP contribution in [0.25, 0.3) is 0 Å². The number of unbranched alkanes of at least 4 members (excludes halogenated alkanes) is 1. The molecule has 218 valence electrons. The van der Waals surface area contributed by atoms with Gasteiger partial charge in [0.2, 0.25) is 0 Å². The highest BCUT2D eigenvalue weighted by Gasteiger charge is 2.52. The van der Waals surface area contributed by atoms with Gasteiger partial charge in [0.25, 0.3) is 0 Å². The summed E-state index contributed by atoms with van der Waals surface area (Å²) in [5.74, 6) is 1.57. The number of nitrogens with zero attached hydrogens (tertiary/aromatic N) is 1. The molecule has 0 aromatic carbocycles. The SMILES string of the molecule is C=C1C(=CC=C2CCC[C@]3(C)[C@@H]([C@H](C)C=C[C@H](O)C4(c5cc(CCCC)ccn5)CC4)CC[C@@H]23)C[C@@H](O)C[C@@H]1O. The van der Waals surface area contributed by atoms with Gasteiger partial charge in [0.15, 0.2) is 0 Å². The molecule has 3 N–H and O–H groups in total. The number of aliphatic hydroxyl groups excluding tert-OH is 3. The van der Waals surface area contributed by atoms with Crippen LogP contribution < -0.4 is 0 Å². The van der Waals surface area contributed by atoms with Crippen LogP contribution in [0.1, 0.15) is 103 Å². The summed E-state index contributed by atoms with van der Waals surface area (Å²) in [6, 6.07) is 4.36. The Kier molecular flexibility index (Phi) is 8.90. The third-order valence-corrected chi connectivity index (χ3v) is 11.0. The molecule has 4 aliphatic carbocycles. The van der Waals surface area contributed by atoms with Crippen LogP contribution >= 0.6 is 0 Å². The maximum absolute atomic E-state index is 11.4. The number of aryl methyl sites for hydroxylation is 1. The Morgan fingerprint density at radius 2 is 1.95 bits per heavy atom. The zero-order valence-corrected chi connectivity index (χ0v) is 25.0. The van der Waals surface area contributed by atoms with Crippen molar-refractivity contribution in [3.05, 3.63) is 77.2 Å². The molecule has 1 heterocycles. The fourth-order valence-corrected chi connectivity index (χ4v) is 8.33. The maximum Gasteiger partial charge on any atom is 0.0832 e. The fourth-order valence-electron chi connectivity index (χ4n) is 8.33. The van der Waals surface area contributed by atoms with E-state index in [2.05, 4.69) is 63.8 Å². The first-order valence-electron chi connectivity index (χ1n) is 15.9. The molecule has 1 aromatic rings. The largest absolute Gasteiger partial charge is 0.393 e. The Morgan fingerprint density at radius 3 is 2.70 bits per heavy atom. The molecule has 4 heteroatoms. The van der Waals surface area contributed by atoms with Gasteiger partial charge in [0, 0.05) is 23.7 Å². The van der Waals surface area contributed by atoms with Crippen molar-refractivity contribution in [3.63, 3.8) is 0 Å². The van der Waals surface area contributed by atoms with Gasteiger partial charge in [-0.1, -0.05) is 63.6 Å². The Bertz CT molecular complexity index is 1160. The summed E-state index contributed by atoms with van der Waals surface area (Å²) in [6.07, 6.45) is 21.6. The second-order valence-electron chi connectivity index (χ2n) is 13.7. The molecule has 0 bridgehead atoms. The lowest BCUT2D eigenvalue weighted by Gasteiger charge is -2.44. The third kappa shape index (κ3) is 5.82. The highest BCUT2D eigenvalue weighted by molar-refractivity contribution is 5.39. The van der Waals surface area contributed by atoms with Gasteiger partial charge in [-0.2, -0.15) is 0 Å². The minimum absolute atomic E-state index is 0.209. The lowest BCUT2D eigenvalue weighted by molar-refractivity contribution is 0.0862. The molecule has 5 rings (SSSR count). The maximum atomic E-state index is 11.4. The lowest BCUT2D eigenvalue weighted by atomic mass is 9.61. The highest BCUT2D eigenvalue weighted by Crippen LogP contribution is 2.60. The first-order chi connectivity index (χ1) is 19.2. The molecule has 0 amide bonds. The van der Waals surface area contributed by atoms with Crippen molar-refractivity contribution in [2.75, 3.05) is 0 Å².